The maximum Gasteiger partial charge on any atom is 0.120 e. The Morgan fingerprint density at radius 2 is 2.11 bits per heavy atom. The van der Waals surface area contributed by atoms with Crippen molar-refractivity contribution in [2.24, 2.45) is 5.73 Å². The molecular formula is C13H18ClNO2S. The maximum absolute atomic E-state index is 6.03. The summed E-state index contributed by atoms with van der Waals surface area (Å²) in [6.45, 7) is 3.99. The second-order valence-corrected chi connectivity index (χ2v) is 4.67. The molecule has 1 aromatic rings. The van der Waals surface area contributed by atoms with Gasteiger partial charge in [0.25, 0.3) is 0 Å². The molecule has 0 amide bonds. The van der Waals surface area contributed by atoms with Crippen molar-refractivity contribution >= 4 is 28.8 Å². The van der Waals surface area contributed by atoms with Crippen molar-refractivity contribution in [2.45, 2.75) is 19.8 Å². The Morgan fingerprint density at radius 3 is 2.72 bits per heavy atom. The average Bonchev–Trinajstić information content (AvgIpc) is 2.33. The molecule has 0 bridgehead atoms. The van der Waals surface area contributed by atoms with Crippen LogP contribution in [0.2, 0.25) is 5.02 Å². The minimum absolute atomic E-state index is 0.287. The number of unbranched alkanes of at least 4 members (excludes halogenated alkanes) is 1. The minimum atomic E-state index is 0.287. The molecule has 0 heterocycles. The van der Waals surface area contributed by atoms with Crippen LogP contribution in [-0.2, 0) is 4.74 Å². The van der Waals surface area contributed by atoms with Crippen molar-refractivity contribution in [3.8, 4) is 5.75 Å². The van der Waals surface area contributed by atoms with Crippen LogP contribution < -0.4 is 10.5 Å². The molecule has 0 fully saturated rings. The van der Waals surface area contributed by atoms with E-state index in [4.69, 9.17) is 39.0 Å². The monoisotopic (exact) mass is 287 g/mol. The Balaban J connectivity index is 2.35. The summed E-state index contributed by atoms with van der Waals surface area (Å²) in [4.78, 5) is 0.287. The fraction of sp³-hybridized carbons (Fsp3) is 0.462. The highest BCUT2D eigenvalue weighted by Crippen LogP contribution is 2.22. The predicted molar refractivity (Wildman–Crippen MR) is 78.6 cm³/mol. The van der Waals surface area contributed by atoms with Gasteiger partial charge in [-0.2, -0.15) is 0 Å². The fourth-order valence-electron chi connectivity index (χ4n) is 1.35. The van der Waals surface area contributed by atoms with Gasteiger partial charge in [-0.3, -0.25) is 0 Å². The molecule has 0 saturated heterocycles. The van der Waals surface area contributed by atoms with E-state index in [9.17, 15) is 0 Å². The Hall–Kier alpha value is -0.840. The van der Waals surface area contributed by atoms with E-state index in [1.165, 1.54) is 0 Å². The SMILES string of the molecule is CCCCOCCOc1ccc(C(N)=S)c(Cl)c1. The van der Waals surface area contributed by atoms with Crippen molar-refractivity contribution in [3.63, 3.8) is 0 Å². The molecule has 0 aliphatic carbocycles. The van der Waals surface area contributed by atoms with Crippen LogP contribution in [-0.4, -0.2) is 24.8 Å². The fourth-order valence-corrected chi connectivity index (χ4v) is 1.86. The van der Waals surface area contributed by atoms with Crippen LogP contribution in [0.4, 0.5) is 0 Å². The van der Waals surface area contributed by atoms with Gasteiger partial charge in [-0.05, 0) is 24.6 Å². The van der Waals surface area contributed by atoms with Gasteiger partial charge in [-0.15, -0.1) is 0 Å². The molecule has 100 valence electrons. The highest BCUT2D eigenvalue weighted by molar-refractivity contribution is 7.80. The second kappa shape index (κ2) is 8.29. The standard InChI is InChI=1S/C13H18ClNO2S/c1-2-3-6-16-7-8-17-10-4-5-11(13(15)18)12(14)9-10/h4-5,9H,2-3,6-8H2,1H3,(H2,15,18). The van der Waals surface area contributed by atoms with Crippen LogP contribution in [0.1, 0.15) is 25.3 Å². The first kappa shape index (κ1) is 15.2. The molecule has 0 spiro atoms. The first-order valence-corrected chi connectivity index (χ1v) is 6.73. The number of hydrogen-bond donors (Lipinski definition) is 1. The molecule has 18 heavy (non-hydrogen) atoms. The van der Waals surface area contributed by atoms with Crippen molar-refractivity contribution < 1.29 is 9.47 Å². The molecule has 1 aromatic carbocycles. The van der Waals surface area contributed by atoms with E-state index in [1.807, 2.05) is 0 Å². The van der Waals surface area contributed by atoms with Gasteiger partial charge in [0.1, 0.15) is 17.3 Å². The quantitative estimate of drug-likeness (QED) is 0.589. The van der Waals surface area contributed by atoms with Crippen molar-refractivity contribution in [1.82, 2.24) is 0 Å². The summed E-state index contributed by atoms with van der Waals surface area (Å²) in [5, 5.41) is 0.506. The van der Waals surface area contributed by atoms with Crippen molar-refractivity contribution in [3.05, 3.63) is 28.8 Å². The molecule has 0 radical (unpaired) electrons. The summed E-state index contributed by atoms with van der Waals surface area (Å²) in [7, 11) is 0. The lowest BCUT2D eigenvalue weighted by Crippen LogP contribution is -2.10. The molecule has 2 N–H and O–H groups in total. The van der Waals surface area contributed by atoms with Crippen LogP contribution in [0.25, 0.3) is 0 Å². The van der Waals surface area contributed by atoms with E-state index in [1.54, 1.807) is 18.2 Å². The molecular weight excluding hydrogens is 270 g/mol. The number of halogens is 1. The number of ether oxygens (including phenoxy) is 2. The second-order valence-electron chi connectivity index (χ2n) is 3.82. The third-order valence-corrected chi connectivity index (χ3v) is 2.88. The molecule has 0 aliphatic heterocycles. The largest absolute Gasteiger partial charge is 0.491 e. The van der Waals surface area contributed by atoms with Gasteiger partial charge in [-0.1, -0.05) is 37.2 Å². The lowest BCUT2D eigenvalue weighted by molar-refractivity contribution is 0.0980. The smallest absolute Gasteiger partial charge is 0.120 e. The summed E-state index contributed by atoms with van der Waals surface area (Å²) in [6.07, 6.45) is 2.21. The number of hydrogen-bond acceptors (Lipinski definition) is 3. The Morgan fingerprint density at radius 1 is 1.33 bits per heavy atom. The lowest BCUT2D eigenvalue weighted by atomic mass is 10.2. The van der Waals surface area contributed by atoms with Crippen LogP contribution in [0.15, 0.2) is 18.2 Å². The Bertz CT molecular complexity index is 399. The van der Waals surface area contributed by atoms with E-state index < -0.39 is 0 Å². The number of nitrogens with two attached hydrogens (primary N) is 1. The molecule has 1 rings (SSSR count). The molecule has 5 heteroatoms. The number of rotatable bonds is 8. The van der Waals surface area contributed by atoms with E-state index in [-0.39, 0.29) is 4.99 Å². The normalized spacial score (nSPS) is 10.3. The zero-order valence-electron chi connectivity index (χ0n) is 10.4. The topological polar surface area (TPSA) is 44.5 Å². The van der Waals surface area contributed by atoms with Crippen LogP contribution in [0.3, 0.4) is 0 Å². The molecule has 0 aliphatic rings. The van der Waals surface area contributed by atoms with E-state index >= 15 is 0 Å². The van der Waals surface area contributed by atoms with Gasteiger partial charge in [0, 0.05) is 12.2 Å². The summed E-state index contributed by atoms with van der Waals surface area (Å²) in [5.41, 5.74) is 6.18. The molecule has 0 aromatic heterocycles. The minimum Gasteiger partial charge on any atom is -0.491 e. The van der Waals surface area contributed by atoms with Gasteiger partial charge in [0.2, 0.25) is 0 Å². The van der Waals surface area contributed by atoms with Crippen LogP contribution >= 0.6 is 23.8 Å². The first-order chi connectivity index (χ1) is 8.65. The summed E-state index contributed by atoms with van der Waals surface area (Å²) >= 11 is 10.9. The zero-order chi connectivity index (χ0) is 13.4. The summed E-state index contributed by atoms with van der Waals surface area (Å²) in [6, 6.07) is 5.27. The third kappa shape index (κ3) is 5.21. The van der Waals surface area contributed by atoms with Gasteiger partial charge in [0.15, 0.2) is 0 Å². The van der Waals surface area contributed by atoms with Gasteiger partial charge in [0.05, 0.1) is 11.6 Å². The van der Waals surface area contributed by atoms with Crippen molar-refractivity contribution in [2.75, 3.05) is 19.8 Å². The van der Waals surface area contributed by atoms with Gasteiger partial charge >= 0.3 is 0 Å². The van der Waals surface area contributed by atoms with Crippen molar-refractivity contribution in [1.29, 1.82) is 0 Å². The summed E-state index contributed by atoms with van der Waals surface area (Å²) < 4.78 is 10.9. The number of thiocarbonyl (C=S) groups is 1. The van der Waals surface area contributed by atoms with E-state index in [0.29, 0.717) is 29.5 Å². The summed E-state index contributed by atoms with van der Waals surface area (Å²) in [5.74, 6) is 0.694. The molecule has 3 nitrogen and oxygen atoms in total. The Labute approximate surface area is 118 Å². The number of benzene rings is 1. The zero-order valence-corrected chi connectivity index (χ0v) is 12.0. The predicted octanol–water partition coefficient (Wildman–Crippen LogP) is 3.17. The van der Waals surface area contributed by atoms with Crippen LogP contribution in [0, 0.1) is 0 Å². The van der Waals surface area contributed by atoms with Gasteiger partial charge < -0.3 is 15.2 Å². The maximum atomic E-state index is 6.03. The molecule has 0 saturated carbocycles. The Kier molecular flexibility index (Phi) is 7.01. The highest BCUT2D eigenvalue weighted by atomic mass is 35.5. The molecule has 0 atom stereocenters. The first-order valence-electron chi connectivity index (χ1n) is 5.95. The van der Waals surface area contributed by atoms with E-state index in [2.05, 4.69) is 6.92 Å². The third-order valence-electron chi connectivity index (χ3n) is 2.34. The van der Waals surface area contributed by atoms with E-state index in [0.717, 1.165) is 19.4 Å². The molecule has 0 unspecified atom stereocenters. The lowest BCUT2D eigenvalue weighted by Gasteiger charge is -2.09. The highest BCUT2D eigenvalue weighted by Gasteiger charge is 2.04. The van der Waals surface area contributed by atoms with Gasteiger partial charge in [-0.25, -0.2) is 0 Å². The van der Waals surface area contributed by atoms with Crippen LogP contribution in [0.5, 0.6) is 5.75 Å². The average molecular weight is 288 g/mol.